The first-order valence-corrected chi connectivity index (χ1v) is 5.31. The summed E-state index contributed by atoms with van der Waals surface area (Å²) in [5.41, 5.74) is 0.0975. The van der Waals surface area contributed by atoms with Crippen molar-refractivity contribution in [2.24, 2.45) is 0 Å². The second kappa shape index (κ2) is 3.87. The van der Waals surface area contributed by atoms with E-state index in [1.54, 1.807) is 20.8 Å². The lowest BCUT2D eigenvalue weighted by Crippen LogP contribution is -2.33. The molecule has 6 heteroatoms. The molecule has 0 saturated heterocycles. The second-order valence-corrected chi connectivity index (χ2v) is 4.88. The molecular weight excluding hydrogens is 224 g/mol. The predicted octanol–water partition coefficient (Wildman–Crippen LogP) is 1.74. The van der Waals surface area contributed by atoms with Gasteiger partial charge >= 0.3 is 6.09 Å². The Morgan fingerprint density at radius 1 is 1.47 bits per heavy atom. The van der Waals surface area contributed by atoms with Gasteiger partial charge in [-0.25, -0.2) is 9.78 Å². The Bertz CT molecular complexity index is 435. The Labute approximate surface area is 98.6 Å². The number of fused-ring (bicyclic) bond motifs is 1. The first-order valence-electron chi connectivity index (χ1n) is 5.31. The zero-order valence-electron chi connectivity index (χ0n) is 10.0. The molecule has 0 spiro atoms. The molecule has 0 N–H and O–H groups in total. The van der Waals surface area contributed by atoms with Crippen molar-refractivity contribution < 1.29 is 18.7 Å². The summed E-state index contributed by atoms with van der Waals surface area (Å²) in [6.07, 6.45) is 0.147. The molecule has 1 aromatic heterocycles. The van der Waals surface area contributed by atoms with Gasteiger partial charge in [0, 0.05) is 0 Å². The van der Waals surface area contributed by atoms with E-state index in [0.29, 0.717) is 30.8 Å². The maximum atomic E-state index is 11.7. The highest BCUT2D eigenvalue weighted by atomic mass is 16.6. The third-order valence-electron chi connectivity index (χ3n) is 2.22. The molecule has 6 nitrogen and oxygen atoms in total. The van der Waals surface area contributed by atoms with Crippen molar-refractivity contribution in [3.05, 3.63) is 17.3 Å². The molecule has 1 aromatic rings. The average molecular weight is 238 g/mol. The van der Waals surface area contributed by atoms with Crippen LogP contribution in [-0.4, -0.2) is 27.9 Å². The van der Waals surface area contributed by atoms with Crippen molar-refractivity contribution in [3.8, 4) is 0 Å². The third kappa shape index (κ3) is 2.46. The highest BCUT2D eigenvalue weighted by Crippen LogP contribution is 2.24. The van der Waals surface area contributed by atoms with Crippen molar-refractivity contribution in [3.63, 3.8) is 0 Å². The molecule has 2 rings (SSSR count). The number of hydrogen-bond acceptors (Lipinski definition) is 5. The summed E-state index contributed by atoms with van der Waals surface area (Å²) < 4.78 is 10.4. The van der Waals surface area contributed by atoms with Crippen LogP contribution in [-0.2, 0) is 17.8 Å². The number of nitrogens with zero attached hydrogens (tertiary/aromatic N) is 2. The SMILES string of the molecule is CC(C)(C)OC(=O)N1Cc2nc(C=O)oc2C1. The smallest absolute Gasteiger partial charge is 0.411 e. The van der Waals surface area contributed by atoms with E-state index in [-0.39, 0.29) is 5.89 Å². The molecule has 0 radical (unpaired) electrons. The molecule has 1 aliphatic rings. The zero-order valence-corrected chi connectivity index (χ0v) is 10.0. The largest absolute Gasteiger partial charge is 0.444 e. The highest BCUT2D eigenvalue weighted by Gasteiger charge is 2.31. The number of aldehydes is 1. The molecule has 0 aliphatic carbocycles. The van der Waals surface area contributed by atoms with Gasteiger partial charge in [0.1, 0.15) is 17.1 Å². The lowest BCUT2D eigenvalue weighted by Gasteiger charge is -2.23. The van der Waals surface area contributed by atoms with E-state index in [1.807, 2.05) is 0 Å². The van der Waals surface area contributed by atoms with Crippen molar-refractivity contribution in [1.82, 2.24) is 9.88 Å². The quantitative estimate of drug-likeness (QED) is 0.697. The minimum Gasteiger partial charge on any atom is -0.444 e. The molecule has 0 atom stereocenters. The van der Waals surface area contributed by atoms with Crippen molar-refractivity contribution in [1.29, 1.82) is 0 Å². The van der Waals surface area contributed by atoms with Gasteiger partial charge in [-0.3, -0.25) is 9.69 Å². The van der Waals surface area contributed by atoms with Crippen LogP contribution in [0.2, 0.25) is 0 Å². The molecule has 0 bridgehead atoms. The second-order valence-electron chi connectivity index (χ2n) is 4.88. The molecule has 1 amide bonds. The van der Waals surface area contributed by atoms with Crippen molar-refractivity contribution in [2.75, 3.05) is 0 Å². The molecule has 1 aliphatic heterocycles. The minimum atomic E-state index is -0.526. The van der Waals surface area contributed by atoms with Crippen LogP contribution in [0.1, 0.15) is 42.9 Å². The van der Waals surface area contributed by atoms with E-state index < -0.39 is 11.7 Å². The van der Waals surface area contributed by atoms with Crippen LogP contribution in [0.25, 0.3) is 0 Å². The normalized spacial score (nSPS) is 14.6. The van der Waals surface area contributed by atoms with E-state index in [1.165, 1.54) is 4.90 Å². The Morgan fingerprint density at radius 3 is 2.71 bits per heavy atom. The molecule has 17 heavy (non-hydrogen) atoms. The van der Waals surface area contributed by atoms with E-state index >= 15 is 0 Å². The van der Waals surface area contributed by atoms with E-state index in [2.05, 4.69) is 4.98 Å². The highest BCUT2D eigenvalue weighted by molar-refractivity contribution is 5.70. The van der Waals surface area contributed by atoms with Gasteiger partial charge in [0.2, 0.25) is 6.29 Å². The van der Waals surface area contributed by atoms with Crippen LogP contribution in [0.15, 0.2) is 4.42 Å². The van der Waals surface area contributed by atoms with Crippen LogP contribution < -0.4 is 0 Å². The fourth-order valence-electron chi connectivity index (χ4n) is 1.57. The maximum absolute atomic E-state index is 11.7. The summed E-state index contributed by atoms with van der Waals surface area (Å²) in [7, 11) is 0. The topological polar surface area (TPSA) is 72.6 Å². The fraction of sp³-hybridized carbons (Fsp3) is 0.545. The Morgan fingerprint density at radius 2 is 2.18 bits per heavy atom. The number of rotatable bonds is 1. The first kappa shape index (κ1) is 11.6. The van der Waals surface area contributed by atoms with Crippen LogP contribution in [0, 0.1) is 0 Å². The average Bonchev–Trinajstić information content (AvgIpc) is 2.70. The summed E-state index contributed by atoms with van der Waals surface area (Å²) in [4.78, 5) is 27.6. The number of aromatic nitrogens is 1. The molecule has 0 aromatic carbocycles. The third-order valence-corrected chi connectivity index (χ3v) is 2.22. The van der Waals surface area contributed by atoms with Crippen LogP contribution >= 0.6 is 0 Å². The van der Waals surface area contributed by atoms with Gasteiger partial charge in [-0.2, -0.15) is 0 Å². The maximum Gasteiger partial charge on any atom is 0.411 e. The van der Waals surface area contributed by atoms with Gasteiger partial charge in [-0.1, -0.05) is 0 Å². The minimum absolute atomic E-state index is 0.0545. The predicted molar refractivity (Wildman–Crippen MR) is 57.4 cm³/mol. The summed E-state index contributed by atoms with van der Waals surface area (Å²) in [6, 6.07) is 0. The number of carbonyl (C=O) groups excluding carboxylic acids is 2. The van der Waals surface area contributed by atoms with Gasteiger partial charge in [0.25, 0.3) is 5.89 Å². The van der Waals surface area contributed by atoms with Crippen molar-refractivity contribution in [2.45, 2.75) is 39.5 Å². The van der Waals surface area contributed by atoms with E-state index in [4.69, 9.17) is 9.15 Å². The van der Waals surface area contributed by atoms with Gasteiger partial charge in [0.05, 0.1) is 13.1 Å². The molecule has 0 unspecified atom stereocenters. The molecule has 2 heterocycles. The van der Waals surface area contributed by atoms with E-state index in [0.717, 1.165) is 0 Å². The molecular formula is C11H14N2O4. The fourth-order valence-corrected chi connectivity index (χ4v) is 1.57. The van der Waals surface area contributed by atoms with Gasteiger partial charge in [-0.15, -0.1) is 0 Å². The van der Waals surface area contributed by atoms with Crippen LogP contribution in [0.5, 0.6) is 0 Å². The Hall–Kier alpha value is -1.85. The standard InChI is InChI=1S/C11H14N2O4/c1-11(2,3)17-10(15)13-4-7-8(5-13)16-9(6-14)12-7/h6H,4-5H2,1-3H3. The summed E-state index contributed by atoms with van der Waals surface area (Å²) in [5.74, 6) is 0.608. The van der Waals surface area contributed by atoms with Gasteiger partial charge < -0.3 is 9.15 Å². The Balaban J connectivity index is 2.03. The van der Waals surface area contributed by atoms with Crippen LogP contribution in [0.4, 0.5) is 4.79 Å². The lowest BCUT2D eigenvalue weighted by atomic mass is 10.2. The zero-order chi connectivity index (χ0) is 12.6. The van der Waals surface area contributed by atoms with Gasteiger partial charge in [0.15, 0.2) is 0 Å². The first-order chi connectivity index (χ1) is 7.89. The number of carbonyl (C=O) groups is 2. The summed E-state index contributed by atoms with van der Waals surface area (Å²) in [5, 5.41) is 0. The number of amides is 1. The van der Waals surface area contributed by atoms with Gasteiger partial charge in [-0.05, 0) is 20.8 Å². The lowest BCUT2D eigenvalue weighted by molar-refractivity contribution is 0.0232. The molecule has 0 saturated carbocycles. The number of oxazole rings is 1. The Kier molecular flexibility index (Phi) is 2.65. The monoisotopic (exact) mass is 238 g/mol. The summed E-state index contributed by atoms with van der Waals surface area (Å²) >= 11 is 0. The van der Waals surface area contributed by atoms with Crippen LogP contribution in [0.3, 0.4) is 0 Å². The molecule has 92 valence electrons. The number of hydrogen-bond donors (Lipinski definition) is 0. The summed E-state index contributed by atoms with van der Waals surface area (Å²) in [6.45, 7) is 6.04. The van der Waals surface area contributed by atoms with E-state index in [9.17, 15) is 9.59 Å². The molecule has 0 fully saturated rings. The van der Waals surface area contributed by atoms with Crippen molar-refractivity contribution >= 4 is 12.4 Å². The number of ether oxygens (including phenoxy) is 1.